The SMILES string of the molecule is Cc1nccnc1-c1[c-]ccc2ccccc12.FC(F)(F)c1n[n-]c(-c2ccccn2)n1.[Ir]. The molecule has 3 aromatic heterocycles. The largest absolute Gasteiger partial charge is 0.429 e. The van der Waals surface area contributed by atoms with Gasteiger partial charge in [0.15, 0.2) is 0 Å². The van der Waals surface area contributed by atoms with E-state index in [2.05, 4.69) is 54.4 Å². The van der Waals surface area contributed by atoms with Crippen LogP contribution in [0.3, 0.4) is 0 Å². The molecule has 33 heavy (non-hydrogen) atoms. The zero-order valence-electron chi connectivity index (χ0n) is 17.1. The molecule has 0 spiro atoms. The Morgan fingerprint density at radius 3 is 2.33 bits per heavy atom. The van der Waals surface area contributed by atoms with Crippen LogP contribution in [0, 0.1) is 13.0 Å². The Morgan fingerprint density at radius 2 is 1.64 bits per heavy atom. The van der Waals surface area contributed by atoms with Gasteiger partial charge in [-0.05, 0) is 24.9 Å². The van der Waals surface area contributed by atoms with Gasteiger partial charge >= 0.3 is 6.18 Å². The molecule has 0 saturated carbocycles. The first-order chi connectivity index (χ1) is 15.4. The number of aryl methyl sites for hydroxylation is 1. The number of hydrogen-bond acceptors (Lipinski definition) is 5. The van der Waals surface area contributed by atoms with Crippen molar-refractivity contribution in [3.63, 3.8) is 0 Å². The van der Waals surface area contributed by atoms with E-state index in [0.717, 1.165) is 17.0 Å². The molecule has 0 atom stereocenters. The molecule has 169 valence electrons. The van der Waals surface area contributed by atoms with Crippen molar-refractivity contribution >= 4 is 10.8 Å². The molecule has 0 aliphatic rings. The summed E-state index contributed by atoms with van der Waals surface area (Å²) in [5, 5.41) is 8.61. The fraction of sp³-hybridized carbons (Fsp3) is 0.0870. The van der Waals surface area contributed by atoms with E-state index >= 15 is 0 Å². The molecule has 0 unspecified atom stereocenters. The van der Waals surface area contributed by atoms with Crippen molar-refractivity contribution in [3.8, 4) is 22.8 Å². The van der Waals surface area contributed by atoms with Crippen molar-refractivity contribution in [1.82, 2.24) is 30.1 Å². The van der Waals surface area contributed by atoms with Gasteiger partial charge in [-0.3, -0.25) is 15.1 Å². The normalized spacial score (nSPS) is 10.8. The van der Waals surface area contributed by atoms with Crippen LogP contribution in [0.1, 0.15) is 11.5 Å². The van der Waals surface area contributed by atoms with Gasteiger partial charge < -0.3 is 15.1 Å². The van der Waals surface area contributed by atoms with Gasteiger partial charge in [-0.1, -0.05) is 35.7 Å². The van der Waals surface area contributed by atoms with Crippen molar-refractivity contribution in [2.75, 3.05) is 0 Å². The molecule has 0 bridgehead atoms. The third-order valence-corrected chi connectivity index (χ3v) is 4.44. The molecule has 2 aromatic carbocycles. The summed E-state index contributed by atoms with van der Waals surface area (Å²) < 4.78 is 36.4. The van der Waals surface area contributed by atoms with Crippen LogP contribution in [0.5, 0.6) is 0 Å². The van der Waals surface area contributed by atoms with Crippen LogP contribution in [0.15, 0.2) is 73.2 Å². The first-order valence-electron chi connectivity index (χ1n) is 9.47. The summed E-state index contributed by atoms with van der Waals surface area (Å²) in [7, 11) is 0. The van der Waals surface area contributed by atoms with E-state index in [9.17, 15) is 13.2 Å². The molecule has 0 aliphatic heterocycles. The molecule has 0 saturated heterocycles. The molecule has 6 nitrogen and oxygen atoms in total. The van der Waals surface area contributed by atoms with Gasteiger partial charge in [0.2, 0.25) is 0 Å². The minimum absolute atomic E-state index is 0. The third-order valence-electron chi connectivity index (χ3n) is 4.44. The van der Waals surface area contributed by atoms with Gasteiger partial charge in [-0.2, -0.15) is 13.2 Å². The van der Waals surface area contributed by atoms with Gasteiger partial charge in [0.05, 0.1) is 5.69 Å². The van der Waals surface area contributed by atoms with Gasteiger partial charge in [-0.15, -0.1) is 29.1 Å². The predicted molar refractivity (Wildman–Crippen MR) is 112 cm³/mol. The molecule has 0 aliphatic carbocycles. The first-order valence-corrected chi connectivity index (χ1v) is 9.47. The van der Waals surface area contributed by atoms with Crippen molar-refractivity contribution < 1.29 is 33.3 Å². The number of rotatable bonds is 2. The Kier molecular flexibility index (Phi) is 7.63. The maximum atomic E-state index is 12.1. The Labute approximate surface area is 200 Å². The Balaban J connectivity index is 0.000000182. The number of benzene rings is 2. The van der Waals surface area contributed by atoms with E-state index in [1.807, 2.05) is 25.1 Å². The van der Waals surface area contributed by atoms with Crippen molar-refractivity contribution in [3.05, 3.63) is 90.8 Å². The second-order valence-electron chi connectivity index (χ2n) is 6.60. The van der Waals surface area contributed by atoms with E-state index in [1.165, 1.54) is 23.0 Å². The predicted octanol–water partition coefficient (Wildman–Crippen LogP) is 4.92. The van der Waals surface area contributed by atoms with E-state index < -0.39 is 12.0 Å². The smallest absolute Gasteiger partial charge is 0.413 e. The van der Waals surface area contributed by atoms with E-state index in [-0.39, 0.29) is 31.6 Å². The molecule has 0 fully saturated rings. The van der Waals surface area contributed by atoms with Crippen LogP contribution in [0.4, 0.5) is 13.2 Å². The van der Waals surface area contributed by atoms with Crippen LogP contribution >= 0.6 is 0 Å². The second kappa shape index (κ2) is 10.4. The van der Waals surface area contributed by atoms with Crippen LogP contribution in [-0.2, 0) is 26.3 Å². The number of nitrogens with zero attached hydrogens (tertiary/aromatic N) is 6. The summed E-state index contributed by atoms with van der Waals surface area (Å²) in [6, 6.07) is 20.3. The van der Waals surface area contributed by atoms with Crippen LogP contribution < -0.4 is 5.10 Å². The van der Waals surface area contributed by atoms with Crippen LogP contribution in [0.25, 0.3) is 33.5 Å². The van der Waals surface area contributed by atoms with E-state index in [0.29, 0.717) is 0 Å². The summed E-state index contributed by atoms with van der Waals surface area (Å²) in [6.07, 6.45) is 0.306. The molecule has 5 rings (SSSR count). The summed E-state index contributed by atoms with van der Waals surface area (Å²) in [6.45, 7) is 1.97. The monoisotopic (exact) mass is 625 g/mol. The van der Waals surface area contributed by atoms with Gasteiger partial charge in [0.1, 0.15) is 5.82 Å². The standard InChI is InChI=1S/C15H11N2.C8H4F3N4.Ir/c1-11-15(17-10-9-16-11)14-8-4-6-12-5-2-3-7-13(12)14;9-8(10,11)7-13-6(14-15-7)5-3-1-2-4-12-5;/h2-7,9-10H,1H3;1-4H;/q2*-1;. The summed E-state index contributed by atoms with van der Waals surface area (Å²) in [4.78, 5) is 15.7. The summed E-state index contributed by atoms with van der Waals surface area (Å²) in [5.41, 5.74) is 3.12. The van der Waals surface area contributed by atoms with Gasteiger partial charge in [0.25, 0.3) is 0 Å². The van der Waals surface area contributed by atoms with Crippen LogP contribution in [-0.4, -0.2) is 25.0 Å². The number of alkyl halides is 3. The first kappa shape index (κ1) is 24.2. The Hall–Kier alpha value is -3.49. The Morgan fingerprint density at radius 1 is 0.879 bits per heavy atom. The molecule has 0 N–H and O–H groups in total. The molecular weight excluding hydrogens is 610 g/mol. The van der Waals surface area contributed by atoms with Crippen molar-refractivity contribution in [2.45, 2.75) is 13.1 Å². The van der Waals surface area contributed by atoms with Crippen LogP contribution in [0.2, 0.25) is 0 Å². The second-order valence-corrected chi connectivity index (χ2v) is 6.60. The number of fused-ring (bicyclic) bond motifs is 1. The maximum absolute atomic E-state index is 12.1. The number of pyridine rings is 1. The molecule has 5 aromatic rings. The average Bonchev–Trinajstić information content (AvgIpc) is 3.31. The molecule has 10 heteroatoms. The number of hydrogen-bond donors (Lipinski definition) is 0. The topological polar surface area (TPSA) is 78.5 Å². The molecule has 0 amide bonds. The van der Waals surface area contributed by atoms with Gasteiger partial charge in [0, 0.05) is 50.1 Å². The average molecular weight is 625 g/mol. The molecule has 3 heterocycles. The minimum Gasteiger partial charge on any atom is -0.413 e. The zero-order valence-corrected chi connectivity index (χ0v) is 19.5. The van der Waals surface area contributed by atoms with Crippen molar-refractivity contribution in [1.29, 1.82) is 0 Å². The fourth-order valence-electron chi connectivity index (χ4n) is 2.97. The van der Waals surface area contributed by atoms with Crippen molar-refractivity contribution in [2.24, 2.45) is 0 Å². The van der Waals surface area contributed by atoms with E-state index in [1.54, 1.807) is 24.5 Å². The minimum atomic E-state index is -4.57. The van der Waals surface area contributed by atoms with Gasteiger partial charge in [-0.25, -0.2) is 0 Å². The maximum Gasteiger partial charge on any atom is 0.429 e. The fourth-order valence-corrected chi connectivity index (χ4v) is 2.97. The molecular formula is C23H15F3IrN6-2. The van der Waals surface area contributed by atoms with E-state index in [4.69, 9.17) is 0 Å². The Bertz CT molecular complexity index is 1330. The number of halogens is 3. The molecule has 1 radical (unpaired) electrons. The number of aromatic nitrogens is 6. The third kappa shape index (κ3) is 5.66. The summed E-state index contributed by atoms with van der Waals surface area (Å²) >= 11 is 0. The quantitative estimate of drug-likeness (QED) is 0.260. The summed E-state index contributed by atoms with van der Waals surface area (Å²) in [5.74, 6) is -1.37. The zero-order chi connectivity index (χ0) is 22.6.